The lowest BCUT2D eigenvalue weighted by molar-refractivity contribution is 1.03. The molecular weight excluding hydrogens is 266 g/mol. The van der Waals surface area contributed by atoms with Gasteiger partial charge in [-0.2, -0.15) is 0 Å². The van der Waals surface area contributed by atoms with Crippen LogP contribution >= 0.6 is 0 Å². The number of rotatable bonds is 7. The predicted molar refractivity (Wildman–Crippen MR) is 102 cm³/mol. The van der Waals surface area contributed by atoms with E-state index in [1.54, 1.807) is 12.2 Å². The number of aromatic nitrogens is 1. The van der Waals surface area contributed by atoms with Crippen LogP contribution in [0.3, 0.4) is 0 Å². The normalized spacial score (nSPS) is 12.6. The van der Waals surface area contributed by atoms with Crippen LogP contribution in [0.2, 0.25) is 0 Å². The van der Waals surface area contributed by atoms with Gasteiger partial charge in [0.1, 0.15) is 0 Å². The molecular formula is C21H25N. The van der Waals surface area contributed by atoms with Crippen molar-refractivity contribution in [1.29, 1.82) is 0 Å². The van der Waals surface area contributed by atoms with E-state index in [4.69, 9.17) is 0 Å². The molecule has 0 bridgehead atoms. The summed E-state index contributed by atoms with van der Waals surface area (Å²) in [5.41, 5.74) is 5.69. The highest BCUT2D eigenvalue weighted by Gasteiger charge is 2.16. The second kappa shape index (κ2) is 8.68. The summed E-state index contributed by atoms with van der Waals surface area (Å²) < 4.78 is 2.21. The molecule has 0 aliphatic carbocycles. The summed E-state index contributed by atoms with van der Waals surface area (Å²) in [6, 6.07) is 0. The molecule has 0 aliphatic rings. The maximum atomic E-state index is 4.00. The minimum Gasteiger partial charge on any atom is -0.314 e. The number of nitrogens with zero attached hydrogens (tertiary/aromatic N) is 1. The zero-order valence-electron chi connectivity index (χ0n) is 13.8. The van der Waals surface area contributed by atoms with Crippen molar-refractivity contribution in [2.24, 2.45) is 0 Å². The Hall–Kier alpha value is -2.54. The Labute approximate surface area is 134 Å². The first kappa shape index (κ1) is 17.5. The van der Waals surface area contributed by atoms with Gasteiger partial charge in [-0.3, -0.25) is 0 Å². The van der Waals surface area contributed by atoms with Gasteiger partial charge in [-0.25, -0.2) is 0 Å². The third kappa shape index (κ3) is 3.56. The average Bonchev–Trinajstić information content (AvgIpc) is 2.78. The van der Waals surface area contributed by atoms with Gasteiger partial charge in [0.05, 0.1) is 5.69 Å². The van der Waals surface area contributed by atoms with Crippen molar-refractivity contribution in [2.75, 3.05) is 0 Å². The Morgan fingerprint density at radius 3 is 2.14 bits per heavy atom. The molecule has 0 N–H and O–H groups in total. The molecule has 0 atom stereocenters. The third-order valence-corrected chi connectivity index (χ3v) is 3.41. The van der Waals surface area contributed by atoms with Crippen molar-refractivity contribution < 1.29 is 0 Å². The first-order valence-electron chi connectivity index (χ1n) is 7.41. The van der Waals surface area contributed by atoms with Crippen LogP contribution in [-0.4, -0.2) is 4.57 Å². The van der Waals surface area contributed by atoms with E-state index in [1.165, 1.54) is 16.8 Å². The summed E-state index contributed by atoms with van der Waals surface area (Å²) in [5, 5.41) is 0. The van der Waals surface area contributed by atoms with E-state index in [1.807, 2.05) is 44.2 Å². The summed E-state index contributed by atoms with van der Waals surface area (Å²) in [4.78, 5) is 0. The fraction of sp³-hybridized carbons (Fsp3) is 0.143. The van der Waals surface area contributed by atoms with Crippen molar-refractivity contribution in [1.82, 2.24) is 4.57 Å². The van der Waals surface area contributed by atoms with Crippen molar-refractivity contribution in [2.45, 2.75) is 20.8 Å². The van der Waals surface area contributed by atoms with Gasteiger partial charge in [-0.15, -0.1) is 0 Å². The van der Waals surface area contributed by atoms with Crippen LogP contribution < -0.4 is 0 Å². The Morgan fingerprint density at radius 2 is 1.64 bits per heavy atom. The molecule has 1 rings (SSSR count). The molecule has 0 saturated carbocycles. The second-order valence-electron chi connectivity index (χ2n) is 4.74. The molecule has 1 aromatic heterocycles. The summed E-state index contributed by atoms with van der Waals surface area (Å²) in [6.07, 6.45) is 19.8. The predicted octanol–water partition coefficient (Wildman–Crippen LogP) is 6.27. The first-order valence-corrected chi connectivity index (χ1v) is 7.41. The van der Waals surface area contributed by atoms with Crippen molar-refractivity contribution >= 4 is 23.9 Å². The minimum atomic E-state index is 1.08. The van der Waals surface area contributed by atoms with Gasteiger partial charge < -0.3 is 4.57 Å². The zero-order chi connectivity index (χ0) is 16.5. The molecule has 0 fully saturated rings. The van der Waals surface area contributed by atoms with Gasteiger partial charge in [0.15, 0.2) is 0 Å². The van der Waals surface area contributed by atoms with E-state index in [0.717, 1.165) is 11.4 Å². The average molecular weight is 291 g/mol. The fourth-order valence-corrected chi connectivity index (χ4v) is 2.47. The molecule has 0 spiro atoms. The standard InChI is InChI=1S/C21H25N/c1-7-12-15-18(10-4)22-17(6)19(16-13-8-2)20(14-9-3)21(22)11-5/h7-16H,1-2,5H2,3-4,6H3/b14-9-,15-12-,16-13-,18-10+. The minimum absolute atomic E-state index is 1.08. The van der Waals surface area contributed by atoms with Gasteiger partial charge in [0.2, 0.25) is 0 Å². The van der Waals surface area contributed by atoms with E-state index in [-0.39, 0.29) is 0 Å². The van der Waals surface area contributed by atoms with Crippen LogP contribution in [0, 0.1) is 6.92 Å². The summed E-state index contributed by atoms with van der Waals surface area (Å²) in [5.74, 6) is 0. The van der Waals surface area contributed by atoms with Crippen molar-refractivity contribution in [3.8, 4) is 0 Å². The van der Waals surface area contributed by atoms with Gasteiger partial charge in [-0.05, 0) is 32.9 Å². The molecule has 1 nitrogen and oxygen atoms in total. The molecule has 114 valence electrons. The summed E-state index contributed by atoms with van der Waals surface area (Å²) >= 11 is 0. The quantitative estimate of drug-likeness (QED) is 0.521. The van der Waals surface area contributed by atoms with Gasteiger partial charge >= 0.3 is 0 Å². The Bertz CT molecular complexity index is 673. The van der Waals surface area contributed by atoms with E-state index in [0.29, 0.717) is 0 Å². The maximum Gasteiger partial charge on any atom is 0.0531 e. The zero-order valence-corrected chi connectivity index (χ0v) is 13.8. The van der Waals surface area contributed by atoms with E-state index < -0.39 is 0 Å². The number of hydrogen-bond donors (Lipinski definition) is 0. The maximum absolute atomic E-state index is 4.00. The highest BCUT2D eigenvalue weighted by molar-refractivity contribution is 5.79. The van der Waals surface area contributed by atoms with Crippen LogP contribution in [-0.2, 0) is 0 Å². The first-order chi connectivity index (χ1) is 10.7. The summed E-state index contributed by atoms with van der Waals surface area (Å²) in [6.45, 7) is 17.7. The van der Waals surface area contributed by atoms with E-state index in [2.05, 4.69) is 49.5 Å². The fourth-order valence-electron chi connectivity index (χ4n) is 2.47. The molecule has 0 radical (unpaired) electrons. The molecule has 0 aliphatic heterocycles. The molecule has 0 unspecified atom stereocenters. The molecule has 0 aromatic carbocycles. The van der Waals surface area contributed by atoms with Crippen LogP contribution in [0.1, 0.15) is 36.4 Å². The highest BCUT2D eigenvalue weighted by atomic mass is 15.0. The molecule has 1 aromatic rings. The molecule has 1 heteroatoms. The van der Waals surface area contributed by atoms with Crippen LogP contribution in [0.15, 0.2) is 62.3 Å². The van der Waals surface area contributed by atoms with Crippen LogP contribution in [0.4, 0.5) is 0 Å². The lowest BCUT2D eigenvalue weighted by Gasteiger charge is -2.10. The summed E-state index contributed by atoms with van der Waals surface area (Å²) in [7, 11) is 0. The Balaban J connectivity index is 3.74. The number of hydrogen-bond acceptors (Lipinski definition) is 0. The molecule has 0 amide bonds. The number of allylic oxidation sites excluding steroid dienone is 8. The SMILES string of the molecule is C=C/C=C\C(=C/C)n1c(C)c(/C=C\C=C)c(/C=C\C)c1C=C. The van der Waals surface area contributed by atoms with Crippen LogP contribution in [0.25, 0.3) is 23.9 Å². The molecule has 22 heavy (non-hydrogen) atoms. The van der Waals surface area contributed by atoms with E-state index >= 15 is 0 Å². The van der Waals surface area contributed by atoms with E-state index in [9.17, 15) is 0 Å². The highest BCUT2D eigenvalue weighted by Crippen LogP contribution is 2.30. The smallest absolute Gasteiger partial charge is 0.0531 e. The Kier molecular flexibility index (Phi) is 6.91. The Morgan fingerprint density at radius 1 is 0.955 bits per heavy atom. The third-order valence-electron chi connectivity index (χ3n) is 3.41. The van der Waals surface area contributed by atoms with Gasteiger partial charge in [0.25, 0.3) is 0 Å². The molecule has 0 saturated heterocycles. The monoisotopic (exact) mass is 291 g/mol. The van der Waals surface area contributed by atoms with Crippen molar-refractivity contribution in [3.63, 3.8) is 0 Å². The lowest BCUT2D eigenvalue weighted by Crippen LogP contribution is -2.00. The lowest BCUT2D eigenvalue weighted by atomic mass is 10.1. The van der Waals surface area contributed by atoms with Gasteiger partial charge in [-0.1, -0.05) is 68.3 Å². The topological polar surface area (TPSA) is 4.93 Å². The second-order valence-corrected chi connectivity index (χ2v) is 4.74. The largest absolute Gasteiger partial charge is 0.314 e. The van der Waals surface area contributed by atoms with Crippen molar-refractivity contribution in [3.05, 3.63) is 84.8 Å². The molecule has 1 heterocycles. The van der Waals surface area contributed by atoms with Crippen LogP contribution in [0.5, 0.6) is 0 Å². The van der Waals surface area contributed by atoms with Gasteiger partial charge in [0, 0.05) is 22.5 Å².